The molecular weight excluding hydrogens is 272 g/mol. The van der Waals surface area contributed by atoms with Crippen molar-refractivity contribution in [3.8, 4) is 0 Å². The van der Waals surface area contributed by atoms with Gasteiger partial charge in [-0.3, -0.25) is 14.2 Å². The minimum atomic E-state index is -0.328. The topological polar surface area (TPSA) is 70.4 Å². The summed E-state index contributed by atoms with van der Waals surface area (Å²) >= 11 is 0. The minimum Gasteiger partial charge on any atom is -0.466 e. The van der Waals surface area contributed by atoms with E-state index >= 15 is 0 Å². The molecule has 21 heavy (non-hydrogen) atoms. The molecule has 6 heteroatoms. The van der Waals surface area contributed by atoms with Crippen LogP contribution in [0.4, 0.5) is 0 Å². The van der Waals surface area contributed by atoms with Gasteiger partial charge < -0.3 is 9.47 Å². The Morgan fingerprint density at radius 3 is 2.90 bits per heavy atom. The number of carbonyl (C=O) groups is 1. The fraction of sp³-hybridized carbons (Fsp3) is 0.400. The molecule has 2 aromatic rings. The fourth-order valence-corrected chi connectivity index (χ4v) is 1.94. The molecule has 0 saturated heterocycles. The Balaban J connectivity index is 1.93. The van der Waals surface area contributed by atoms with Crippen LogP contribution in [0.15, 0.2) is 35.4 Å². The van der Waals surface area contributed by atoms with Crippen LogP contribution < -0.4 is 5.56 Å². The molecule has 112 valence electrons. The highest BCUT2D eigenvalue weighted by molar-refractivity contribution is 5.77. The van der Waals surface area contributed by atoms with Crippen molar-refractivity contribution in [1.29, 1.82) is 0 Å². The smallest absolute Gasteiger partial charge is 0.307 e. The van der Waals surface area contributed by atoms with E-state index in [4.69, 9.17) is 9.47 Å². The SMILES string of the molecule is COCCCOC(=O)CCn1cnc2ccccc2c1=O. The summed E-state index contributed by atoms with van der Waals surface area (Å²) in [5.41, 5.74) is 0.508. The first kappa shape index (κ1) is 15.2. The molecule has 0 aliphatic heterocycles. The zero-order valence-electron chi connectivity index (χ0n) is 11.9. The van der Waals surface area contributed by atoms with Gasteiger partial charge in [0.05, 0.1) is 30.3 Å². The van der Waals surface area contributed by atoms with Gasteiger partial charge in [-0.25, -0.2) is 4.98 Å². The van der Waals surface area contributed by atoms with Crippen LogP contribution in [0.1, 0.15) is 12.8 Å². The summed E-state index contributed by atoms with van der Waals surface area (Å²) in [7, 11) is 1.60. The first-order chi connectivity index (χ1) is 10.2. The third-order valence-electron chi connectivity index (χ3n) is 3.04. The molecular formula is C15H18N2O4. The number of esters is 1. The number of rotatable bonds is 7. The Labute approximate surface area is 122 Å². The molecule has 1 aromatic carbocycles. The highest BCUT2D eigenvalue weighted by atomic mass is 16.5. The zero-order valence-corrected chi connectivity index (χ0v) is 11.9. The minimum absolute atomic E-state index is 0.146. The lowest BCUT2D eigenvalue weighted by Gasteiger charge is -2.07. The first-order valence-corrected chi connectivity index (χ1v) is 6.81. The van der Waals surface area contributed by atoms with E-state index in [-0.39, 0.29) is 24.5 Å². The molecule has 0 radical (unpaired) electrons. The maximum atomic E-state index is 12.2. The van der Waals surface area contributed by atoms with Crippen LogP contribution in [0.25, 0.3) is 10.9 Å². The van der Waals surface area contributed by atoms with Gasteiger partial charge in [0, 0.05) is 26.7 Å². The maximum absolute atomic E-state index is 12.2. The number of nitrogens with zero attached hydrogens (tertiary/aromatic N) is 2. The van der Waals surface area contributed by atoms with E-state index in [1.165, 1.54) is 10.9 Å². The van der Waals surface area contributed by atoms with Gasteiger partial charge in [-0.05, 0) is 12.1 Å². The second-order valence-electron chi connectivity index (χ2n) is 4.58. The van der Waals surface area contributed by atoms with Gasteiger partial charge in [0.2, 0.25) is 0 Å². The molecule has 0 fully saturated rings. The quantitative estimate of drug-likeness (QED) is 0.569. The first-order valence-electron chi connectivity index (χ1n) is 6.81. The van der Waals surface area contributed by atoms with Gasteiger partial charge in [0.15, 0.2) is 0 Å². The van der Waals surface area contributed by atoms with E-state index in [2.05, 4.69) is 4.98 Å². The summed E-state index contributed by atoms with van der Waals surface area (Å²) in [5, 5.41) is 0.550. The molecule has 0 unspecified atom stereocenters. The van der Waals surface area contributed by atoms with E-state index < -0.39 is 0 Å². The average Bonchev–Trinajstić information content (AvgIpc) is 2.51. The third kappa shape index (κ3) is 4.13. The standard InChI is InChI=1S/C15H18N2O4/c1-20-9-4-10-21-14(18)7-8-17-11-16-13-6-3-2-5-12(13)15(17)19/h2-3,5-6,11H,4,7-10H2,1H3. The zero-order chi connectivity index (χ0) is 15.1. The molecule has 0 spiro atoms. The van der Waals surface area contributed by atoms with E-state index in [0.29, 0.717) is 30.5 Å². The Morgan fingerprint density at radius 2 is 2.10 bits per heavy atom. The van der Waals surface area contributed by atoms with Crippen LogP contribution in [-0.4, -0.2) is 35.8 Å². The number of hydrogen-bond donors (Lipinski definition) is 0. The summed E-state index contributed by atoms with van der Waals surface area (Å²) < 4.78 is 11.3. The van der Waals surface area contributed by atoms with Crippen molar-refractivity contribution < 1.29 is 14.3 Å². The highest BCUT2D eigenvalue weighted by Crippen LogP contribution is 2.05. The van der Waals surface area contributed by atoms with Crippen molar-refractivity contribution in [2.24, 2.45) is 0 Å². The number of aryl methyl sites for hydroxylation is 1. The van der Waals surface area contributed by atoms with Crippen LogP contribution in [0.5, 0.6) is 0 Å². The fourth-order valence-electron chi connectivity index (χ4n) is 1.94. The second kappa shape index (κ2) is 7.54. The molecule has 0 atom stereocenters. The van der Waals surface area contributed by atoms with E-state index in [0.717, 1.165) is 0 Å². The van der Waals surface area contributed by atoms with Crippen LogP contribution in [0.2, 0.25) is 0 Å². The molecule has 0 bridgehead atoms. The summed E-state index contributed by atoms with van der Waals surface area (Å²) in [6.07, 6.45) is 2.27. The summed E-state index contributed by atoms with van der Waals surface area (Å²) in [6, 6.07) is 7.13. The number of hydrogen-bond acceptors (Lipinski definition) is 5. The molecule has 2 rings (SSSR count). The van der Waals surface area contributed by atoms with Gasteiger partial charge in [0.1, 0.15) is 0 Å². The number of ether oxygens (including phenoxy) is 2. The number of fused-ring (bicyclic) bond motifs is 1. The normalized spacial score (nSPS) is 10.7. The van der Waals surface area contributed by atoms with Crippen molar-refractivity contribution in [1.82, 2.24) is 9.55 Å². The highest BCUT2D eigenvalue weighted by Gasteiger charge is 2.07. The Hall–Kier alpha value is -2.21. The lowest BCUT2D eigenvalue weighted by Crippen LogP contribution is -2.22. The molecule has 0 saturated carbocycles. The maximum Gasteiger partial charge on any atom is 0.307 e. The van der Waals surface area contributed by atoms with Crippen LogP contribution in [0.3, 0.4) is 0 Å². The number of benzene rings is 1. The predicted octanol–water partition coefficient (Wildman–Crippen LogP) is 1.37. The lowest BCUT2D eigenvalue weighted by molar-refractivity contribution is -0.144. The molecule has 0 amide bonds. The van der Waals surface area contributed by atoms with Crippen LogP contribution >= 0.6 is 0 Å². The van der Waals surface area contributed by atoms with Crippen molar-refractivity contribution in [2.75, 3.05) is 20.3 Å². The van der Waals surface area contributed by atoms with E-state index in [1.54, 1.807) is 25.3 Å². The number of methoxy groups -OCH3 is 1. The molecule has 6 nitrogen and oxygen atoms in total. The number of aromatic nitrogens is 2. The van der Waals surface area contributed by atoms with E-state index in [1.807, 2.05) is 6.07 Å². The molecule has 0 aliphatic carbocycles. The molecule has 1 aromatic heterocycles. The second-order valence-corrected chi connectivity index (χ2v) is 4.58. The Kier molecular flexibility index (Phi) is 5.45. The Bertz CT molecular complexity index is 666. The summed E-state index contributed by atoms with van der Waals surface area (Å²) in [5.74, 6) is -0.328. The molecule has 0 aliphatic rings. The van der Waals surface area contributed by atoms with Gasteiger partial charge in [0.25, 0.3) is 5.56 Å². The van der Waals surface area contributed by atoms with Gasteiger partial charge >= 0.3 is 5.97 Å². The summed E-state index contributed by atoms with van der Waals surface area (Å²) in [6.45, 7) is 1.15. The van der Waals surface area contributed by atoms with E-state index in [9.17, 15) is 9.59 Å². The number of carbonyl (C=O) groups excluding carboxylic acids is 1. The van der Waals surface area contributed by atoms with Crippen molar-refractivity contribution in [2.45, 2.75) is 19.4 Å². The largest absolute Gasteiger partial charge is 0.466 e. The van der Waals surface area contributed by atoms with Gasteiger partial charge in [-0.2, -0.15) is 0 Å². The van der Waals surface area contributed by atoms with Crippen molar-refractivity contribution in [3.05, 3.63) is 40.9 Å². The monoisotopic (exact) mass is 290 g/mol. The van der Waals surface area contributed by atoms with Crippen molar-refractivity contribution >= 4 is 16.9 Å². The van der Waals surface area contributed by atoms with Crippen molar-refractivity contribution in [3.63, 3.8) is 0 Å². The van der Waals surface area contributed by atoms with Crippen LogP contribution in [-0.2, 0) is 20.8 Å². The average molecular weight is 290 g/mol. The molecule has 0 N–H and O–H groups in total. The molecule has 1 heterocycles. The van der Waals surface area contributed by atoms with Gasteiger partial charge in [-0.15, -0.1) is 0 Å². The Morgan fingerprint density at radius 1 is 1.29 bits per heavy atom. The van der Waals surface area contributed by atoms with Crippen LogP contribution in [0, 0.1) is 0 Å². The number of para-hydroxylation sites is 1. The predicted molar refractivity (Wildman–Crippen MR) is 78.1 cm³/mol. The third-order valence-corrected chi connectivity index (χ3v) is 3.04. The summed E-state index contributed by atoms with van der Waals surface area (Å²) in [4.78, 5) is 28.0. The van der Waals surface area contributed by atoms with Gasteiger partial charge in [-0.1, -0.05) is 12.1 Å². The lowest BCUT2D eigenvalue weighted by atomic mass is 10.2.